The van der Waals surface area contributed by atoms with Gasteiger partial charge in [-0.25, -0.2) is 9.59 Å². The van der Waals surface area contributed by atoms with Crippen molar-refractivity contribution in [2.24, 2.45) is 0 Å². The van der Waals surface area contributed by atoms with E-state index in [9.17, 15) is 9.59 Å². The lowest BCUT2D eigenvalue weighted by atomic mass is 9.99. The molecule has 0 radical (unpaired) electrons. The third-order valence-corrected chi connectivity index (χ3v) is 7.77. The van der Waals surface area contributed by atoms with Crippen molar-refractivity contribution in [3.8, 4) is 0 Å². The van der Waals surface area contributed by atoms with Gasteiger partial charge in [0.25, 0.3) is 0 Å². The molecule has 0 N–H and O–H groups in total. The van der Waals surface area contributed by atoms with Crippen molar-refractivity contribution in [1.82, 2.24) is 0 Å². The number of benzene rings is 1. The number of carbonyl (C=O) groups excluding carboxylic acids is 2. The van der Waals surface area contributed by atoms with E-state index in [2.05, 4.69) is 27.7 Å². The van der Waals surface area contributed by atoms with E-state index in [1.54, 1.807) is 31.2 Å². The fourth-order valence-electron chi connectivity index (χ4n) is 4.96. The van der Waals surface area contributed by atoms with Gasteiger partial charge < -0.3 is 42.6 Å². The van der Waals surface area contributed by atoms with Crippen molar-refractivity contribution >= 4 is 11.9 Å². The Balaban J connectivity index is 2.31. The third-order valence-electron chi connectivity index (χ3n) is 7.77. The summed E-state index contributed by atoms with van der Waals surface area (Å²) in [4.78, 5) is 25.8. The van der Waals surface area contributed by atoms with Crippen molar-refractivity contribution in [1.29, 1.82) is 0 Å². The van der Waals surface area contributed by atoms with E-state index in [1.165, 1.54) is 7.11 Å². The van der Waals surface area contributed by atoms with Crippen LogP contribution in [-0.2, 0) is 47.4 Å². The van der Waals surface area contributed by atoms with E-state index < -0.39 is 54.9 Å². The summed E-state index contributed by atoms with van der Waals surface area (Å²) in [6.45, 7) is 12.5. The third kappa shape index (κ3) is 15.3. The highest BCUT2D eigenvalue weighted by molar-refractivity contribution is 5.89. The van der Waals surface area contributed by atoms with E-state index in [0.717, 1.165) is 51.4 Å². The first-order chi connectivity index (χ1) is 22.9. The molecule has 11 nitrogen and oxygen atoms in total. The van der Waals surface area contributed by atoms with Crippen LogP contribution in [0.25, 0.3) is 0 Å². The summed E-state index contributed by atoms with van der Waals surface area (Å²) < 4.78 is 54.4. The first kappa shape index (κ1) is 41.1. The molecular weight excluding hydrogens is 608 g/mol. The first-order valence-electron chi connectivity index (χ1n) is 17.5. The zero-order valence-corrected chi connectivity index (χ0v) is 29.5. The van der Waals surface area contributed by atoms with Crippen molar-refractivity contribution in [2.45, 2.75) is 129 Å². The van der Waals surface area contributed by atoms with Crippen LogP contribution in [0.3, 0.4) is 0 Å². The monoisotopic (exact) mass is 668 g/mol. The van der Waals surface area contributed by atoms with Crippen molar-refractivity contribution in [3.05, 3.63) is 35.9 Å². The highest BCUT2D eigenvalue weighted by Crippen LogP contribution is 2.27. The Morgan fingerprint density at radius 2 is 1.45 bits per heavy atom. The molecule has 0 aliphatic carbocycles. The van der Waals surface area contributed by atoms with Crippen LogP contribution in [0.4, 0.5) is 0 Å². The summed E-state index contributed by atoms with van der Waals surface area (Å²) in [5.41, 5.74) is 0.430. The second-order valence-electron chi connectivity index (χ2n) is 11.7. The molecule has 1 fully saturated rings. The number of hydrogen-bond acceptors (Lipinski definition) is 11. The summed E-state index contributed by atoms with van der Waals surface area (Å²) in [6.07, 6.45) is 2.18. The smallest absolute Gasteiger partial charge is 0.338 e. The molecule has 1 aliphatic rings. The predicted octanol–water partition coefficient (Wildman–Crippen LogP) is 5.90. The SMILES string of the molecule is CCCCOC[C@H](OCCCC)C(COC(=O)c1ccccc1)O[C@@H](C)OC1C(C(=O)OC)OC[C@@H](OCCCC)C1OCCCC. The minimum absolute atomic E-state index is 0.101. The lowest BCUT2D eigenvalue weighted by Gasteiger charge is -2.42. The highest BCUT2D eigenvalue weighted by Gasteiger charge is 2.47. The summed E-state index contributed by atoms with van der Waals surface area (Å²) in [7, 11) is 1.31. The van der Waals surface area contributed by atoms with Gasteiger partial charge >= 0.3 is 11.9 Å². The molecule has 270 valence electrons. The summed E-state index contributed by atoms with van der Waals surface area (Å²) in [5, 5.41) is 0. The average molecular weight is 669 g/mol. The van der Waals surface area contributed by atoms with E-state index >= 15 is 0 Å². The van der Waals surface area contributed by atoms with E-state index in [1.807, 2.05) is 6.07 Å². The molecular formula is C36H60O11. The molecule has 0 aromatic heterocycles. The number of unbranched alkanes of at least 4 members (excludes halogenated alkanes) is 4. The van der Waals surface area contributed by atoms with Crippen LogP contribution in [0, 0.1) is 0 Å². The topological polar surface area (TPSA) is 117 Å². The van der Waals surface area contributed by atoms with E-state index in [-0.39, 0.29) is 19.8 Å². The quantitative estimate of drug-likeness (QED) is 0.0667. The Morgan fingerprint density at radius 1 is 0.809 bits per heavy atom. The van der Waals surface area contributed by atoms with Gasteiger partial charge in [-0.2, -0.15) is 0 Å². The molecule has 7 atom stereocenters. The Labute approximate surface area is 282 Å². The fourth-order valence-corrected chi connectivity index (χ4v) is 4.96. The predicted molar refractivity (Wildman–Crippen MR) is 177 cm³/mol. The van der Waals surface area contributed by atoms with Gasteiger partial charge in [0.1, 0.15) is 37.1 Å². The van der Waals surface area contributed by atoms with Gasteiger partial charge in [-0.05, 0) is 44.7 Å². The summed E-state index contributed by atoms with van der Waals surface area (Å²) in [6, 6.07) is 8.78. The van der Waals surface area contributed by atoms with Gasteiger partial charge in [-0.1, -0.05) is 71.6 Å². The van der Waals surface area contributed by atoms with E-state index in [0.29, 0.717) is 32.0 Å². The minimum Gasteiger partial charge on any atom is -0.467 e. The maximum Gasteiger partial charge on any atom is 0.338 e. The molecule has 0 bridgehead atoms. The maximum atomic E-state index is 12.9. The maximum absolute atomic E-state index is 12.9. The number of esters is 2. The zero-order chi connectivity index (χ0) is 34.3. The second-order valence-corrected chi connectivity index (χ2v) is 11.7. The van der Waals surface area contributed by atoms with Crippen LogP contribution in [0.15, 0.2) is 30.3 Å². The molecule has 2 rings (SSSR count). The lowest BCUT2D eigenvalue weighted by molar-refractivity contribution is -0.284. The molecule has 1 saturated heterocycles. The number of ether oxygens (including phenoxy) is 9. The Kier molecular flexibility index (Phi) is 21.8. The van der Waals surface area contributed by atoms with Crippen molar-refractivity contribution in [2.75, 3.05) is 53.4 Å². The van der Waals surface area contributed by atoms with Crippen LogP contribution in [0.1, 0.15) is 96.3 Å². The Hall–Kier alpha value is -2.12. The standard InChI is InChI=1S/C36H60O11/c1-7-11-20-40-24-29(41-21-12-8-2)30(25-45-35(37)28-18-16-15-17-19-28)46-27(5)47-33-32(43-23-14-10-4)31(42-22-13-9-3)26-44-34(33)36(38)39-6/h15-19,27,29-34H,7-14,20-26H2,1-6H3/t27-,29+,30?,31-,32?,33?,34?/m1/s1. The molecule has 0 amide bonds. The summed E-state index contributed by atoms with van der Waals surface area (Å²) >= 11 is 0. The van der Waals surface area contributed by atoms with E-state index in [4.69, 9.17) is 42.6 Å². The van der Waals surface area contributed by atoms with Gasteiger partial charge in [0, 0.05) is 26.4 Å². The molecule has 47 heavy (non-hydrogen) atoms. The second kappa shape index (κ2) is 24.9. The van der Waals surface area contributed by atoms with Gasteiger partial charge in [0.15, 0.2) is 12.4 Å². The minimum atomic E-state index is -1.05. The zero-order valence-electron chi connectivity index (χ0n) is 29.5. The molecule has 0 saturated carbocycles. The van der Waals surface area contributed by atoms with Crippen molar-refractivity contribution in [3.63, 3.8) is 0 Å². The number of carbonyl (C=O) groups is 2. The van der Waals surface area contributed by atoms with Crippen LogP contribution < -0.4 is 0 Å². The number of rotatable bonds is 26. The van der Waals surface area contributed by atoms with Gasteiger partial charge in [-0.3, -0.25) is 0 Å². The Morgan fingerprint density at radius 3 is 2.11 bits per heavy atom. The van der Waals surface area contributed by atoms with Crippen molar-refractivity contribution < 1.29 is 52.2 Å². The summed E-state index contributed by atoms with van der Waals surface area (Å²) in [5.74, 6) is -1.05. The van der Waals surface area contributed by atoms with Crippen LogP contribution in [-0.4, -0.2) is 108 Å². The highest BCUT2D eigenvalue weighted by atomic mass is 16.7. The van der Waals surface area contributed by atoms with Gasteiger partial charge in [-0.15, -0.1) is 0 Å². The molecule has 1 aromatic rings. The normalized spacial score (nSPS) is 21.6. The fraction of sp³-hybridized carbons (Fsp3) is 0.778. The Bertz CT molecular complexity index is 946. The number of methoxy groups -OCH3 is 1. The average Bonchev–Trinajstić information content (AvgIpc) is 3.08. The molecule has 1 heterocycles. The molecule has 11 heteroatoms. The van der Waals surface area contributed by atoms with Gasteiger partial charge in [0.05, 0.1) is 25.9 Å². The lowest BCUT2D eigenvalue weighted by Crippen LogP contribution is -2.59. The first-order valence-corrected chi connectivity index (χ1v) is 17.5. The van der Waals surface area contributed by atoms with Crippen LogP contribution >= 0.6 is 0 Å². The number of hydrogen-bond donors (Lipinski definition) is 0. The van der Waals surface area contributed by atoms with Crippen LogP contribution in [0.5, 0.6) is 0 Å². The largest absolute Gasteiger partial charge is 0.467 e. The molecule has 1 aromatic carbocycles. The molecule has 4 unspecified atom stereocenters. The molecule has 1 aliphatic heterocycles. The van der Waals surface area contributed by atoms with Crippen LogP contribution in [0.2, 0.25) is 0 Å². The molecule has 0 spiro atoms. The van der Waals surface area contributed by atoms with Gasteiger partial charge in [0.2, 0.25) is 0 Å².